The summed E-state index contributed by atoms with van der Waals surface area (Å²) in [5.41, 5.74) is 1.00. The molecule has 12 heavy (non-hydrogen) atoms. The summed E-state index contributed by atoms with van der Waals surface area (Å²) < 4.78 is 0. The van der Waals surface area contributed by atoms with Gasteiger partial charge in [-0.25, -0.2) is 0 Å². The molecule has 0 bridgehead atoms. The molecule has 0 aromatic rings. The molecular formula is C10H17NO. The lowest BCUT2D eigenvalue weighted by molar-refractivity contribution is 0.234. The molecule has 0 aliphatic rings. The Hall–Kier alpha value is -1.02. The van der Waals surface area contributed by atoms with Gasteiger partial charge in [-0.2, -0.15) is 0 Å². The van der Waals surface area contributed by atoms with Crippen LogP contribution >= 0.6 is 0 Å². The van der Waals surface area contributed by atoms with Crippen molar-refractivity contribution < 1.29 is 5.11 Å². The summed E-state index contributed by atoms with van der Waals surface area (Å²) in [6, 6.07) is 0. The van der Waals surface area contributed by atoms with Gasteiger partial charge in [0.25, 0.3) is 0 Å². The van der Waals surface area contributed by atoms with Gasteiger partial charge < -0.3 is 10.0 Å². The number of allylic oxidation sites excluding steroid dienone is 3. The van der Waals surface area contributed by atoms with Crippen LogP contribution in [-0.2, 0) is 0 Å². The van der Waals surface area contributed by atoms with Crippen LogP contribution in [0.5, 0.6) is 0 Å². The Morgan fingerprint density at radius 3 is 2.50 bits per heavy atom. The second-order valence-corrected chi connectivity index (χ2v) is 2.33. The van der Waals surface area contributed by atoms with E-state index < -0.39 is 0 Å². The lowest BCUT2D eigenvalue weighted by Crippen LogP contribution is -2.25. The number of aliphatic hydroxyl groups excluding tert-OH is 1. The van der Waals surface area contributed by atoms with Crippen molar-refractivity contribution in [1.82, 2.24) is 4.90 Å². The van der Waals surface area contributed by atoms with E-state index in [2.05, 4.69) is 13.2 Å². The van der Waals surface area contributed by atoms with Gasteiger partial charge >= 0.3 is 0 Å². The number of likely N-dealkylation sites (N-methyl/N-ethyl adjacent to an activating group) is 1. The number of hydrogen-bond acceptors (Lipinski definition) is 2. The van der Waals surface area contributed by atoms with Gasteiger partial charge in [0.2, 0.25) is 0 Å². The highest BCUT2D eigenvalue weighted by Gasteiger charge is 2.00. The van der Waals surface area contributed by atoms with Crippen LogP contribution in [0.1, 0.15) is 6.92 Å². The molecule has 2 heteroatoms. The van der Waals surface area contributed by atoms with Crippen molar-refractivity contribution in [3.63, 3.8) is 0 Å². The molecule has 0 spiro atoms. The van der Waals surface area contributed by atoms with E-state index in [0.717, 1.165) is 12.2 Å². The van der Waals surface area contributed by atoms with Gasteiger partial charge in [0.05, 0.1) is 6.61 Å². The van der Waals surface area contributed by atoms with Crippen molar-refractivity contribution in [2.24, 2.45) is 0 Å². The first-order valence-corrected chi connectivity index (χ1v) is 4.11. The Morgan fingerprint density at radius 2 is 2.17 bits per heavy atom. The topological polar surface area (TPSA) is 23.5 Å². The average molecular weight is 167 g/mol. The SMILES string of the molecule is C=C/C=C(\C=C)N(CC)CCO. The maximum Gasteiger partial charge on any atom is 0.0606 e. The maximum absolute atomic E-state index is 8.75. The van der Waals surface area contributed by atoms with Crippen molar-refractivity contribution in [3.05, 3.63) is 37.1 Å². The lowest BCUT2D eigenvalue weighted by atomic mass is 10.3. The average Bonchev–Trinajstić information content (AvgIpc) is 2.11. The summed E-state index contributed by atoms with van der Waals surface area (Å²) in [4.78, 5) is 2.04. The molecule has 0 heterocycles. The first-order chi connectivity index (χ1) is 5.79. The molecule has 1 N–H and O–H groups in total. The Kier molecular flexibility index (Phi) is 6.11. The second kappa shape index (κ2) is 6.68. The van der Waals surface area contributed by atoms with Crippen LogP contribution in [0.25, 0.3) is 0 Å². The highest BCUT2D eigenvalue weighted by molar-refractivity contribution is 5.19. The van der Waals surface area contributed by atoms with Crippen molar-refractivity contribution in [1.29, 1.82) is 0 Å². The van der Waals surface area contributed by atoms with Gasteiger partial charge in [-0.3, -0.25) is 0 Å². The highest BCUT2D eigenvalue weighted by Crippen LogP contribution is 2.04. The molecule has 0 rings (SSSR count). The molecule has 0 fully saturated rings. The van der Waals surface area contributed by atoms with Gasteiger partial charge in [-0.05, 0) is 19.1 Å². The fourth-order valence-corrected chi connectivity index (χ4v) is 1.01. The Morgan fingerprint density at radius 1 is 1.50 bits per heavy atom. The molecule has 0 amide bonds. The fourth-order valence-electron chi connectivity index (χ4n) is 1.01. The van der Waals surface area contributed by atoms with E-state index in [1.54, 1.807) is 12.2 Å². The third kappa shape index (κ3) is 3.39. The molecule has 0 aliphatic carbocycles. The van der Waals surface area contributed by atoms with E-state index in [1.165, 1.54) is 0 Å². The molecule has 0 aliphatic heterocycles. The molecule has 68 valence electrons. The molecule has 0 aromatic carbocycles. The normalized spacial score (nSPS) is 11.0. The predicted octanol–water partition coefficient (Wildman–Crippen LogP) is 1.56. The third-order valence-electron chi connectivity index (χ3n) is 1.61. The standard InChI is InChI=1S/C10H17NO/c1-4-7-10(5-2)11(6-3)8-9-12/h4-5,7,12H,1-2,6,8-9H2,3H3/b10-7+. The van der Waals surface area contributed by atoms with Crippen LogP contribution in [0.2, 0.25) is 0 Å². The summed E-state index contributed by atoms with van der Waals surface area (Å²) in [5, 5.41) is 8.75. The highest BCUT2D eigenvalue weighted by atomic mass is 16.3. The Balaban J connectivity index is 4.31. The quantitative estimate of drug-likeness (QED) is 0.607. The second-order valence-electron chi connectivity index (χ2n) is 2.33. The van der Waals surface area contributed by atoms with E-state index in [-0.39, 0.29) is 6.61 Å². The molecule has 0 unspecified atom stereocenters. The van der Waals surface area contributed by atoms with Crippen LogP contribution in [0.3, 0.4) is 0 Å². The first kappa shape index (κ1) is 11.0. The Labute approximate surface area is 74.5 Å². The summed E-state index contributed by atoms with van der Waals surface area (Å²) >= 11 is 0. The third-order valence-corrected chi connectivity index (χ3v) is 1.61. The zero-order chi connectivity index (χ0) is 9.40. The zero-order valence-electron chi connectivity index (χ0n) is 7.66. The largest absolute Gasteiger partial charge is 0.395 e. The molecule has 0 saturated carbocycles. The lowest BCUT2D eigenvalue weighted by Gasteiger charge is -2.22. The fraction of sp³-hybridized carbons (Fsp3) is 0.400. The number of aliphatic hydroxyl groups is 1. The van der Waals surface area contributed by atoms with E-state index >= 15 is 0 Å². The van der Waals surface area contributed by atoms with Crippen LogP contribution in [0.15, 0.2) is 37.1 Å². The van der Waals surface area contributed by atoms with Gasteiger partial charge in [0.15, 0.2) is 0 Å². The van der Waals surface area contributed by atoms with Gasteiger partial charge in [-0.1, -0.05) is 19.2 Å². The monoisotopic (exact) mass is 167 g/mol. The number of hydrogen-bond donors (Lipinski definition) is 1. The van der Waals surface area contributed by atoms with E-state index in [0.29, 0.717) is 6.54 Å². The first-order valence-electron chi connectivity index (χ1n) is 4.11. The minimum atomic E-state index is 0.163. The molecule has 0 aromatic heterocycles. The smallest absolute Gasteiger partial charge is 0.0606 e. The summed E-state index contributed by atoms with van der Waals surface area (Å²) in [7, 11) is 0. The van der Waals surface area contributed by atoms with Crippen molar-refractivity contribution >= 4 is 0 Å². The van der Waals surface area contributed by atoms with E-state index in [1.807, 2.05) is 17.9 Å². The Bertz CT molecular complexity index is 173. The summed E-state index contributed by atoms with van der Waals surface area (Å²) in [6.45, 7) is 11.0. The van der Waals surface area contributed by atoms with Crippen LogP contribution in [-0.4, -0.2) is 29.7 Å². The molecule has 0 radical (unpaired) electrons. The zero-order valence-corrected chi connectivity index (χ0v) is 7.66. The maximum atomic E-state index is 8.75. The van der Waals surface area contributed by atoms with E-state index in [4.69, 9.17) is 5.11 Å². The van der Waals surface area contributed by atoms with Crippen LogP contribution in [0.4, 0.5) is 0 Å². The van der Waals surface area contributed by atoms with Gasteiger partial charge in [0, 0.05) is 18.8 Å². The van der Waals surface area contributed by atoms with Crippen LogP contribution in [0, 0.1) is 0 Å². The minimum Gasteiger partial charge on any atom is -0.395 e. The van der Waals surface area contributed by atoms with E-state index in [9.17, 15) is 0 Å². The predicted molar refractivity (Wildman–Crippen MR) is 52.8 cm³/mol. The van der Waals surface area contributed by atoms with Crippen molar-refractivity contribution in [2.45, 2.75) is 6.92 Å². The molecular weight excluding hydrogens is 150 g/mol. The molecule has 0 saturated heterocycles. The number of rotatable bonds is 6. The van der Waals surface area contributed by atoms with Crippen molar-refractivity contribution in [3.8, 4) is 0 Å². The van der Waals surface area contributed by atoms with Crippen molar-refractivity contribution in [2.75, 3.05) is 19.7 Å². The van der Waals surface area contributed by atoms with Gasteiger partial charge in [0.1, 0.15) is 0 Å². The number of nitrogens with zero attached hydrogens (tertiary/aromatic N) is 1. The summed E-state index contributed by atoms with van der Waals surface area (Å²) in [6.07, 6.45) is 5.37. The molecule has 2 nitrogen and oxygen atoms in total. The van der Waals surface area contributed by atoms with Crippen LogP contribution < -0.4 is 0 Å². The molecule has 0 atom stereocenters. The minimum absolute atomic E-state index is 0.163. The van der Waals surface area contributed by atoms with Gasteiger partial charge in [-0.15, -0.1) is 0 Å². The summed E-state index contributed by atoms with van der Waals surface area (Å²) in [5.74, 6) is 0.